The fraction of sp³-hybridized carbons (Fsp3) is 0.444. The zero-order chi connectivity index (χ0) is 17.5. The summed E-state index contributed by atoms with van der Waals surface area (Å²) >= 11 is 0. The first-order valence-corrected chi connectivity index (χ1v) is 7.43. The van der Waals surface area contributed by atoms with Gasteiger partial charge in [-0.3, -0.25) is 0 Å². The van der Waals surface area contributed by atoms with Crippen LogP contribution in [0.3, 0.4) is 0 Å². The molecule has 0 spiro atoms. The summed E-state index contributed by atoms with van der Waals surface area (Å²) in [5.74, 6) is -0.605. The lowest BCUT2D eigenvalue weighted by Gasteiger charge is -2.23. The van der Waals surface area contributed by atoms with Gasteiger partial charge >= 0.3 is 12.1 Å². The maximum Gasteiger partial charge on any atom is 0.509 e. The van der Waals surface area contributed by atoms with E-state index in [1.165, 1.54) is 7.11 Å². The Morgan fingerprint density at radius 2 is 1.78 bits per heavy atom. The molecule has 5 heteroatoms. The van der Waals surface area contributed by atoms with Gasteiger partial charge in [-0.05, 0) is 39.2 Å². The van der Waals surface area contributed by atoms with Crippen molar-refractivity contribution < 1.29 is 23.8 Å². The van der Waals surface area contributed by atoms with Crippen LogP contribution in [0.15, 0.2) is 42.5 Å². The fourth-order valence-electron chi connectivity index (χ4n) is 1.90. The van der Waals surface area contributed by atoms with Gasteiger partial charge in [-0.25, -0.2) is 9.59 Å². The normalized spacial score (nSPS) is 12.2. The van der Waals surface area contributed by atoms with Gasteiger partial charge in [0.25, 0.3) is 0 Å². The Bertz CT molecular complexity index is 542. The predicted molar refractivity (Wildman–Crippen MR) is 87.0 cm³/mol. The third-order valence-corrected chi connectivity index (χ3v) is 3.00. The predicted octanol–water partition coefficient (Wildman–Crippen LogP) is 3.67. The van der Waals surface area contributed by atoms with E-state index in [0.717, 1.165) is 5.56 Å². The molecule has 0 saturated carbocycles. The molecule has 0 aliphatic rings. The van der Waals surface area contributed by atoms with Crippen LogP contribution in [0.5, 0.6) is 0 Å². The highest BCUT2D eigenvalue weighted by molar-refractivity contribution is 5.89. The quantitative estimate of drug-likeness (QED) is 0.591. The first kappa shape index (κ1) is 18.7. The average molecular weight is 320 g/mol. The summed E-state index contributed by atoms with van der Waals surface area (Å²) in [6.07, 6.45) is -0.584. The zero-order valence-corrected chi connectivity index (χ0v) is 14.1. The lowest BCUT2D eigenvalue weighted by molar-refractivity contribution is -0.137. The molecule has 1 rings (SSSR count). The number of hydrogen-bond acceptors (Lipinski definition) is 5. The van der Waals surface area contributed by atoms with Crippen LogP contribution < -0.4 is 0 Å². The summed E-state index contributed by atoms with van der Waals surface area (Å²) in [4.78, 5) is 23.5. The van der Waals surface area contributed by atoms with Crippen molar-refractivity contribution in [3.63, 3.8) is 0 Å². The van der Waals surface area contributed by atoms with Crippen molar-refractivity contribution in [2.24, 2.45) is 0 Å². The highest BCUT2D eigenvalue weighted by Gasteiger charge is 2.26. The van der Waals surface area contributed by atoms with Gasteiger partial charge in [-0.1, -0.05) is 36.9 Å². The monoisotopic (exact) mass is 320 g/mol. The highest BCUT2D eigenvalue weighted by atomic mass is 16.7. The van der Waals surface area contributed by atoms with Crippen molar-refractivity contribution in [1.29, 1.82) is 0 Å². The summed E-state index contributed by atoms with van der Waals surface area (Å²) in [6.45, 7) is 8.90. The number of aryl methyl sites for hydroxylation is 1. The maximum atomic E-state index is 11.9. The molecule has 0 heterocycles. The molecule has 1 atom stereocenters. The number of esters is 1. The Morgan fingerprint density at radius 3 is 2.30 bits per heavy atom. The van der Waals surface area contributed by atoms with E-state index in [-0.39, 0.29) is 5.57 Å². The zero-order valence-electron chi connectivity index (χ0n) is 14.1. The van der Waals surface area contributed by atoms with E-state index in [2.05, 4.69) is 11.3 Å². The third-order valence-electron chi connectivity index (χ3n) is 3.00. The largest absolute Gasteiger partial charge is 0.509 e. The number of benzene rings is 1. The van der Waals surface area contributed by atoms with Gasteiger partial charge in [-0.15, -0.1) is 0 Å². The van der Waals surface area contributed by atoms with E-state index in [4.69, 9.17) is 9.47 Å². The molecule has 0 fully saturated rings. The maximum absolute atomic E-state index is 11.9. The molecule has 23 heavy (non-hydrogen) atoms. The van der Waals surface area contributed by atoms with Crippen molar-refractivity contribution in [1.82, 2.24) is 0 Å². The summed E-state index contributed by atoms with van der Waals surface area (Å²) < 4.78 is 15.1. The molecule has 0 amide bonds. The second-order valence-electron chi connectivity index (χ2n) is 6.11. The molecule has 1 aromatic rings. The molecule has 0 aliphatic carbocycles. The minimum atomic E-state index is -0.833. The number of carbonyl (C=O) groups is 2. The summed E-state index contributed by atoms with van der Waals surface area (Å²) in [5.41, 5.74) is 0.491. The van der Waals surface area contributed by atoms with E-state index < -0.39 is 23.8 Å². The van der Waals surface area contributed by atoms with Gasteiger partial charge in [-0.2, -0.15) is 0 Å². The van der Waals surface area contributed by atoms with Gasteiger partial charge < -0.3 is 14.2 Å². The molecule has 1 unspecified atom stereocenters. The number of methoxy groups -OCH3 is 1. The van der Waals surface area contributed by atoms with E-state index >= 15 is 0 Å². The van der Waals surface area contributed by atoms with Crippen LogP contribution in [0.25, 0.3) is 0 Å². The summed E-state index contributed by atoms with van der Waals surface area (Å²) in [6, 6.07) is 9.70. The van der Waals surface area contributed by atoms with Crippen molar-refractivity contribution in [2.75, 3.05) is 7.11 Å². The Labute approximate surface area is 137 Å². The molecule has 0 bridgehead atoms. The lowest BCUT2D eigenvalue weighted by atomic mass is 10.0. The van der Waals surface area contributed by atoms with E-state index in [0.29, 0.717) is 12.8 Å². The molecule has 1 aromatic carbocycles. The van der Waals surface area contributed by atoms with Crippen LogP contribution in [-0.2, 0) is 25.4 Å². The summed E-state index contributed by atoms with van der Waals surface area (Å²) in [5, 5.41) is 0. The Kier molecular flexibility index (Phi) is 6.82. The second-order valence-corrected chi connectivity index (χ2v) is 6.11. The highest BCUT2D eigenvalue weighted by Crippen LogP contribution is 2.17. The van der Waals surface area contributed by atoms with E-state index in [9.17, 15) is 9.59 Å². The molecule has 0 N–H and O–H groups in total. The first-order valence-electron chi connectivity index (χ1n) is 7.43. The number of carbonyl (C=O) groups excluding carboxylic acids is 2. The summed E-state index contributed by atoms with van der Waals surface area (Å²) in [7, 11) is 1.26. The number of ether oxygens (including phenoxy) is 3. The van der Waals surface area contributed by atoms with Gasteiger partial charge in [0.05, 0.1) is 12.7 Å². The molecule has 0 saturated heterocycles. The number of rotatable bonds is 6. The fourth-order valence-corrected chi connectivity index (χ4v) is 1.90. The smallest absolute Gasteiger partial charge is 0.466 e. The average Bonchev–Trinajstić information content (AvgIpc) is 2.49. The van der Waals surface area contributed by atoms with Crippen molar-refractivity contribution >= 4 is 12.1 Å². The van der Waals surface area contributed by atoms with Crippen LogP contribution in [-0.4, -0.2) is 30.9 Å². The van der Waals surface area contributed by atoms with Crippen LogP contribution in [0.1, 0.15) is 32.8 Å². The minimum Gasteiger partial charge on any atom is -0.466 e. The van der Waals surface area contributed by atoms with Crippen molar-refractivity contribution in [3.05, 3.63) is 48.0 Å². The molecule has 0 aromatic heterocycles. The van der Waals surface area contributed by atoms with Gasteiger partial charge in [0.15, 0.2) is 0 Å². The molecular weight excluding hydrogens is 296 g/mol. The molecular formula is C18H24O5. The third kappa shape index (κ3) is 7.00. The Balaban J connectivity index is 2.74. The standard InChI is InChI=1S/C18H24O5/c1-13(16(19)21-5)15(22-17(20)23-18(2,3)4)12-11-14-9-7-6-8-10-14/h6-10,15H,1,11-12H2,2-5H3. The van der Waals surface area contributed by atoms with Gasteiger partial charge in [0.1, 0.15) is 11.7 Å². The number of hydrogen-bond donors (Lipinski definition) is 0. The van der Waals surface area contributed by atoms with E-state index in [1.807, 2.05) is 30.3 Å². The Hall–Kier alpha value is -2.30. The minimum absolute atomic E-state index is 0.0919. The molecule has 0 aliphatic heterocycles. The van der Waals surface area contributed by atoms with Crippen LogP contribution in [0.2, 0.25) is 0 Å². The topological polar surface area (TPSA) is 61.8 Å². The first-order chi connectivity index (χ1) is 10.7. The SMILES string of the molecule is C=C(C(=O)OC)C(CCc1ccccc1)OC(=O)OC(C)(C)C. The van der Waals surface area contributed by atoms with Crippen LogP contribution in [0.4, 0.5) is 4.79 Å². The van der Waals surface area contributed by atoms with Crippen LogP contribution >= 0.6 is 0 Å². The van der Waals surface area contributed by atoms with Crippen molar-refractivity contribution in [2.45, 2.75) is 45.3 Å². The molecule has 0 radical (unpaired) electrons. The molecule has 5 nitrogen and oxygen atoms in total. The van der Waals surface area contributed by atoms with Crippen molar-refractivity contribution in [3.8, 4) is 0 Å². The lowest BCUT2D eigenvalue weighted by Crippen LogP contribution is -2.30. The van der Waals surface area contributed by atoms with E-state index in [1.54, 1.807) is 20.8 Å². The van der Waals surface area contributed by atoms with Gasteiger partial charge in [0.2, 0.25) is 0 Å². The molecule has 126 valence electrons. The van der Waals surface area contributed by atoms with Gasteiger partial charge in [0, 0.05) is 0 Å². The van der Waals surface area contributed by atoms with Crippen LogP contribution in [0, 0.1) is 0 Å². The Morgan fingerprint density at radius 1 is 1.17 bits per heavy atom. The second kappa shape index (κ2) is 8.36.